The average molecular weight is 171 g/mol. The Bertz CT molecular complexity index is 258. The Morgan fingerprint density at radius 3 is 3.00 bits per heavy atom. The SMILES string of the molecule is NC(=O)c1nc(CCS)c[nH]1. The zero-order valence-corrected chi connectivity index (χ0v) is 6.77. The summed E-state index contributed by atoms with van der Waals surface area (Å²) in [7, 11) is 0. The van der Waals surface area contributed by atoms with E-state index in [0.29, 0.717) is 5.75 Å². The van der Waals surface area contributed by atoms with Gasteiger partial charge in [-0.05, 0) is 5.75 Å². The third kappa shape index (κ3) is 1.98. The third-order valence-corrected chi connectivity index (χ3v) is 1.46. The number of nitrogens with two attached hydrogens (primary N) is 1. The molecule has 0 saturated heterocycles. The number of amides is 1. The van der Waals surface area contributed by atoms with Gasteiger partial charge < -0.3 is 10.7 Å². The van der Waals surface area contributed by atoms with Gasteiger partial charge in [-0.15, -0.1) is 0 Å². The summed E-state index contributed by atoms with van der Waals surface area (Å²) < 4.78 is 0. The van der Waals surface area contributed by atoms with E-state index in [2.05, 4.69) is 22.6 Å². The molecule has 0 bridgehead atoms. The summed E-state index contributed by atoms with van der Waals surface area (Å²) in [6, 6.07) is 0. The van der Waals surface area contributed by atoms with E-state index in [9.17, 15) is 4.79 Å². The second-order valence-corrected chi connectivity index (χ2v) is 2.53. The van der Waals surface area contributed by atoms with Crippen LogP contribution in [0.1, 0.15) is 16.3 Å². The van der Waals surface area contributed by atoms with E-state index in [1.807, 2.05) is 0 Å². The van der Waals surface area contributed by atoms with Crippen molar-refractivity contribution in [3.8, 4) is 0 Å². The lowest BCUT2D eigenvalue weighted by molar-refractivity contribution is 0.0991. The number of nitrogens with one attached hydrogen (secondary N) is 1. The maximum Gasteiger partial charge on any atom is 0.284 e. The number of nitrogens with zero attached hydrogens (tertiary/aromatic N) is 1. The van der Waals surface area contributed by atoms with E-state index >= 15 is 0 Å². The number of carbonyl (C=O) groups is 1. The van der Waals surface area contributed by atoms with Crippen molar-refractivity contribution in [3.63, 3.8) is 0 Å². The highest BCUT2D eigenvalue weighted by Crippen LogP contribution is 1.97. The molecule has 1 aromatic heterocycles. The zero-order chi connectivity index (χ0) is 8.27. The van der Waals surface area contributed by atoms with Gasteiger partial charge >= 0.3 is 0 Å². The van der Waals surface area contributed by atoms with Crippen LogP contribution < -0.4 is 5.73 Å². The van der Waals surface area contributed by atoms with Gasteiger partial charge in [-0.3, -0.25) is 4.79 Å². The van der Waals surface area contributed by atoms with Crippen molar-refractivity contribution in [1.29, 1.82) is 0 Å². The highest BCUT2D eigenvalue weighted by atomic mass is 32.1. The van der Waals surface area contributed by atoms with Gasteiger partial charge in [0.25, 0.3) is 5.91 Å². The number of primary amides is 1. The minimum Gasteiger partial charge on any atom is -0.363 e. The molecule has 5 heteroatoms. The van der Waals surface area contributed by atoms with E-state index in [0.717, 1.165) is 12.1 Å². The Labute approximate surface area is 69.6 Å². The van der Waals surface area contributed by atoms with Gasteiger partial charge in [0.15, 0.2) is 5.82 Å². The predicted octanol–water partition coefficient (Wildman–Crippen LogP) is -0.0191. The lowest BCUT2D eigenvalue weighted by atomic mass is 10.4. The van der Waals surface area contributed by atoms with Gasteiger partial charge in [0.2, 0.25) is 0 Å². The number of aromatic amines is 1. The number of aryl methyl sites for hydroxylation is 1. The first-order valence-electron chi connectivity index (χ1n) is 3.19. The molecule has 1 rings (SSSR count). The largest absolute Gasteiger partial charge is 0.363 e. The maximum absolute atomic E-state index is 10.5. The monoisotopic (exact) mass is 171 g/mol. The molecule has 4 nitrogen and oxygen atoms in total. The Kier molecular flexibility index (Phi) is 2.53. The second-order valence-electron chi connectivity index (χ2n) is 2.08. The average Bonchev–Trinajstić information content (AvgIpc) is 2.37. The molecule has 0 aliphatic rings. The maximum atomic E-state index is 10.5. The number of hydrogen-bond donors (Lipinski definition) is 3. The standard InChI is InChI=1S/C6H9N3OS/c7-5(10)6-8-3-4(9-6)1-2-11/h3,11H,1-2H2,(H2,7,10)(H,8,9). The quantitative estimate of drug-likeness (QED) is 0.559. The fourth-order valence-corrected chi connectivity index (χ4v) is 0.958. The van der Waals surface area contributed by atoms with Crippen LogP contribution in [0.15, 0.2) is 6.20 Å². The summed E-state index contributed by atoms with van der Waals surface area (Å²) in [6.45, 7) is 0. The van der Waals surface area contributed by atoms with Crippen molar-refractivity contribution in [2.24, 2.45) is 5.73 Å². The summed E-state index contributed by atoms with van der Waals surface area (Å²) in [5.41, 5.74) is 5.79. The van der Waals surface area contributed by atoms with Gasteiger partial charge in [0, 0.05) is 12.6 Å². The third-order valence-electron chi connectivity index (χ3n) is 1.23. The topological polar surface area (TPSA) is 71.8 Å². The Hall–Kier alpha value is -0.970. The van der Waals surface area contributed by atoms with Crippen LogP contribution in [-0.4, -0.2) is 21.6 Å². The van der Waals surface area contributed by atoms with E-state index in [1.54, 1.807) is 6.20 Å². The van der Waals surface area contributed by atoms with Gasteiger partial charge in [0.05, 0.1) is 5.69 Å². The van der Waals surface area contributed by atoms with Gasteiger partial charge in [0.1, 0.15) is 0 Å². The van der Waals surface area contributed by atoms with Crippen molar-refractivity contribution in [1.82, 2.24) is 9.97 Å². The molecule has 1 heterocycles. The molecule has 3 N–H and O–H groups in total. The molecule has 0 atom stereocenters. The van der Waals surface area contributed by atoms with Crippen LogP contribution in [0.5, 0.6) is 0 Å². The summed E-state index contributed by atoms with van der Waals surface area (Å²) in [6.07, 6.45) is 2.41. The lowest BCUT2D eigenvalue weighted by Crippen LogP contribution is -2.12. The molecular formula is C6H9N3OS. The highest BCUT2D eigenvalue weighted by Gasteiger charge is 2.04. The molecule has 0 radical (unpaired) electrons. The molecule has 1 aromatic rings. The van der Waals surface area contributed by atoms with E-state index in [1.165, 1.54) is 0 Å². The number of hydrogen-bond acceptors (Lipinski definition) is 3. The van der Waals surface area contributed by atoms with E-state index in [-0.39, 0.29) is 5.82 Å². The smallest absolute Gasteiger partial charge is 0.284 e. The molecule has 0 aromatic carbocycles. The Morgan fingerprint density at radius 1 is 1.82 bits per heavy atom. The van der Waals surface area contributed by atoms with Crippen LogP contribution >= 0.6 is 12.6 Å². The van der Waals surface area contributed by atoms with Crippen molar-refractivity contribution >= 4 is 18.5 Å². The normalized spacial score (nSPS) is 9.91. The molecule has 0 fully saturated rings. The summed E-state index contributed by atoms with van der Waals surface area (Å²) in [5.74, 6) is 0.389. The Balaban J connectivity index is 2.73. The molecular weight excluding hydrogens is 162 g/mol. The first kappa shape index (κ1) is 8.13. The number of H-pyrrole nitrogens is 1. The number of imidazole rings is 1. The van der Waals surface area contributed by atoms with Gasteiger partial charge in [-0.2, -0.15) is 12.6 Å². The van der Waals surface area contributed by atoms with Crippen molar-refractivity contribution in [3.05, 3.63) is 17.7 Å². The second kappa shape index (κ2) is 3.43. The number of rotatable bonds is 3. The summed E-state index contributed by atoms with van der Waals surface area (Å²) in [5, 5.41) is 0. The van der Waals surface area contributed by atoms with Crippen molar-refractivity contribution in [2.75, 3.05) is 5.75 Å². The van der Waals surface area contributed by atoms with Crippen LogP contribution in [0.25, 0.3) is 0 Å². The van der Waals surface area contributed by atoms with E-state index in [4.69, 9.17) is 5.73 Å². The number of thiol groups is 1. The Morgan fingerprint density at radius 2 is 2.55 bits per heavy atom. The van der Waals surface area contributed by atoms with Crippen molar-refractivity contribution in [2.45, 2.75) is 6.42 Å². The number of aromatic nitrogens is 2. The molecule has 60 valence electrons. The first-order valence-corrected chi connectivity index (χ1v) is 3.82. The molecule has 0 unspecified atom stereocenters. The van der Waals surface area contributed by atoms with Crippen molar-refractivity contribution < 1.29 is 4.79 Å². The van der Waals surface area contributed by atoms with Gasteiger partial charge in [-0.25, -0.2) is 4.98 Å². The fourth-order valence-electron chi connectivity index (χ4n) is 0.729. The fraction of sp³-hybridized carbons (Fsp3) is 0.333. The summed E-state index contributed by atoms with van der Waals surface area (Å²) >= 11 is 4.02. The molecule has 11 heavy (non-hydrogen) atoms. The zero-order valence-electron chi connectivity index (χ0n) is 5.87. The van der Waals surface area contributed by atoms with Crippen LogP contribution in [0.4, 0.5) is 0 Å². The van der Waals surface area contributed by atoms with Crippen LogP contribution in [0, 0.1) is 0 Å². The van der Waals surface area contributed by atoms with Gasteiger partial charge in [-0.1, -0.05) is 0 Å². The minimum absolute atomic E-state index is 0.210. The number of carbonyl (C=O) groups excluding carboxylic acids is 1. The lowest BCUT2D eigenvalue weighted by Gasteiger charge is -1.86. The molecule has 1 amide bonds. The summed E-state index contributed by atoms with van der Waals surface area (Å²) in [4.78, 5) is 17.1. The first-order chi connectivity index (χ1) is 5.24. The minimum atomic E-state index is -0.532. The van der Waals surface area contributed by atoms with Crippen LogP contribution in [0.3, 0.4) is 0 Å². The van der Waals surface area contributed by atoms with Crippen LogP contribution in [0.2, 0.25) is 0 Å². The molecule has 0 saturated carbocycles. The van der Waals surface area contributed by atoms with E-state index < -0.39 is 5.91 Å². The highest BCUT2D eigenvalue weighted by molar-refractivity contribution is 7.80. The predicted molar refractivity (Wildman–Crippen MR) is 44.7 cm³/mol. The molecule has 0 aliphatic carbocycles. The van der Waals surface area contributed by atoms with Crippen LogP contribution in [-0.2, 0) is 6.42 Å². The molecule has 0 aliphatic heterocycles. The molecule has 0 spiro atoms.